The SMILES string of the molecule is CC(C1CCC1)n1c(=S)[nH]c2c(F)cc(F)cc21. The lowest BCUT2D eigenvalue weighted by atomic mass is 9.80. The molecule has 18 heavy (non-hydrogen) atoms. The van der Waals surface area contributed by atoms with E-state index in [1.807, 2.05) is 4.57 Å². The molecule has 1 fully saturated rings. The lowest BCUT2D eigenvalue weighted by Gasteiger charge is -2.32. The van der Waals surface area contributed by atoms with Crippen LogP contribution in [0.4, 0.5) is 8.78 Å². The molecule has 96 valence electrons. The van der Waals surface area contributed by atoms with Gasteiger partial charge >= 0.3 is 0 Å². The van der Waals surface area contributed by atoms with Crippen LogP contribution in [0.5, 0.6) is 0 Å². The van der Waals surface area contributed by atoms with Gasteiger partial charge in [-0.1, -0.05) is 6.42 Å². The Morgan fingerprint density at radius 3 is 2.72 bits per heavy atom. The molecular weight excluding hydrogens is 254 g/mol. The first kappa shape index (κ1) is 11.8. The molecule has 1 N–H and O–H groups in total. The third-order valence-electron chi connectivity index (χ3n) is 3.98. The summed E-state index contributed by atoms with van der Waals surface area (Å²) in [5.74, 6) is -0.596. The highest BCUT2D eigenvalue weighted by molar-refractivity contribution is 7.71. The molecule has 0 bridgehead atoms. The number of imidazole rings is 1. The van der Waals surface area contributed by atoms with Crippen LogP contribution in [-0.2, 0) is 0 Å². The van der Waals surface area contributed by atoms with E-state index in [9.17, 15) is 8.78 Å². The van der Waals surface area contributed by atoms with Crippen molar-refractivity contribution in [2.45, 2.75) is 32.2 Å². The number of fused-ring (bicyclic) bond motifs is 1. The Bertz CT molecular complexity index is 655. The summed E-state index contributed by atoms with van der Waals surface area (Å²) in [6.45, 7) is 2.07. The molecule has 1 aromatic heterocycles. The number of hydrogen-bond donors (Lipinski definition) is 1. The lowest BCUT2D eigenvalue weighted by molar-refractivity contribution is 0.224. The molecule has 1 saturated carbocycles. The summed E-state index contributed by atoms with van der Waals surface area (Å²) in [5.41, 5.74) is 0.824. The number of nitrogens with one attached hydrogen (secondary N) is 1. The van der Waals surface area contributed by atoms with Crippen LogP contribution >= 0.6 is 12.2 Å². The molecule has 5 heteroatoms. The first-order chi connectivity index (χ1) is 8.58. The zero-order chi connectivity index (χ0) is 12.9. The Kier molecular flexibility index (Phi) is 2.73. The average Bonchev–Trinajstić information content (AvgIpc) is 2.52. The summed E-state index contributed by atoms with van der Waals surface area (Å²) in [7, 11) is 0. The molecule has 2 aromatic rings. The minimum Gasteiger partial charge on any atom is -0.328 e. The second kappa shape index (κ2) is 4.16. The fraction of sp³-hybridized carbons (Fsp3) is 0.462. The van der Waals surface area contributed by atoms with Gasteiger partial charge in [0.15, 0.2) is 10.6 Å². The highest BCUT2D eigenvalue weighted by Crippen LogP contribution is 2.37. The van der Waals surface area contributed by atoms with Crippen LogP contribution in [0.25, 0.3) is 11.0 Å². The van der Waals surface area contributed by atoms with Gasteiger partial charge in [0.25, 0.3) is 0 Å². The number of hydrogen-bond acceptors (Lipinski definition) is 1. The van der Waals surface area contributed by atoms with Crippen LogP contribution in [0, 0.1) is 22.3 Å². The molecule has 0 saturated heterocycles. The zero-order valence-electron chi connectivity index (χ0n) is 10.0. The largest absolute Gasteiger partial charge is 0.328 e. The van der Waals surface area contributed by atoms with Crippen molar-refractivity contribution in [2.24, 2.45) is 5.92 Å². The maximum absolute atomic E-state index is 13.7. The summed E-state index contributed by atoms with van der Waals surface area (Å²) in [5, 5.41) is 0. The predicted octanol–water partition coefficient (Wildman–Crippen LogP) is 4.34. The Labute approximate surface area is 109 Å². The highest BCUT2D eigenvalue weighted by atomic mass is 32.1. The van der Waals surface area contributed by atoms with Gasteiger partial charge in [-0.05, 0) is 44.0 Å². The second-order valence-corrected chi connectivity index (χ2v) is 5.40. The topological polar surface area (TPSA) is 20.7 Å². The van der Waals surface area contributed by atoms with E-state index in [1.54, 1.807) is 0 Å². The van der Waals surface area contributed by atoms with Crippen LogP contribution in [0.2, 0.25) is 0 Å². The van der Waals surface area contributed by atoms with Crippen molar-refractivity contribution in [3.8, 4) is 0 Å². The van der Waals surface area contributed by atoms with Gasteiger partial charge in [0.1, 0.15) is 11.3 Å². The van der Waals surface area contributed by atoms with Crippen molar-refractivity contribution in [1.29, 1.82) is 0 Å². The molecule has 0 aliphatic heterocycles. The monoisotopic (exact) mass is 268 g/mol. The Hall–Kier alpha value is -1.23. The number of nitrogens with zero attached hydrogens (tertiary/aromatic N) is 1. The first-order valence-corrected chi connectivity index (χ1v) is 6.58. The van der Waals surface area contributed by atoms with Gasteiger partial charge in [-0.2, -0.15) is 0 Å². The summed E-state index contributed by atoms with van der Waals surface area (Å²) >= 11 is 5.24. The van der Waals surface area contributed by atoms with Crippen molar-refractivity contribution in [3.05, 3.63) is 28.5 Å². The van der Waals surface area contributed by atoms with Crippen LogP contribution < -0.4 is 0 Å². The van der Waals surface area contributed by atoms with Gasteiger partial charge in [-0.15, -0.1) is 0 Å². The molecule has 1 aromatic carbocycles. The third-order valence-corrected chi connectivity index (χ3v) is 4.28. The van der Waals surface area contributed by atoms with Crippen molar-refractivity contribution in [1.82, 2.24) is 9.55 Å². The van der Waals surface area contributed by atoms with E-state index in [4.69, 9.17) is 12.2 Å². The Balaban J connectivity index is 2.21. The van der Waals surface area contributed by atoms with Crippen molar-refractivity contribution in [3.63, 3.8) is 0 Å². The number of aromatic amines is 1. The van der Waals surface area contributed by atoms with E-state index in [-0.39, 0.29) is 6.04 Å². The van der Waals surface area contributed by atoms with Gasteiger partial charge < -0.3 is 9.55 Å². The molecule has 1 aliphatic carbocycles. The van der Waals surface area contributed by atoms with E-state index >= 15 is 0 Å². The van der Waals surface area contributed by atoms with E-state index in [0.29, 0.717) is 21.7 Å². The van der Waals surface area contributed by atoms with Crippen LogP contribution in [0.3, 0.4) is 0 Å². The molecule has 1 heterocycles. The molecule has 0 spiro atoms. The molecule has 1 unspecified atom stereocenters. The summed E-state index contributed by atoms with van der Waals surface area (Å²) in [6.07, 6.45) is 3.55. The van der Waals surface area contributed by atoms with E-state index in [0.717, 1.165) is 18.9 Å². The summed E-state index contributed by atoms with van der Waals surface area (Å²) in [4.78, 5) is 2.84. The molecule has 1 aliphatic rings. The Morgan fingerprint density at radius 1 is 1.39 bits per heavy atom. The fourth-order valence-electron chi connectivity index (χ4n) is 2.69. The molecular formula is C13H14F2N2S. The van der Waals surface area contributed by atoms with Gasteiger partial charge in [0.05, 0.1) is 5.52 Å². The molecule has 0 amide bonds. The normalized spacial score (nSPS) is 17.9. The van der Waals surface area contributed by atoms with Crippen LogP contribution in [0.1, 0.15) is 32.2 Å². The summed E-state index contributed by atoms with van der Waals surface area (Å²) < 4.78 is 29.3. The lowest BCUT2D eigenvalue weighted by Crippen LogP contribution is -2.22. The van der Waals surface area contributed by atoms with Crippen LogP contribution in [-0.4, -0.2) is 9.55 Å². The van der Waals surface area contributed by atoms with Gasteiger partial charge in [0, 0.05) is 12.1 Å². The maximum atomic E-state index is 13.7. The first-order valence-electron chi connectivity index (χ1n) is 6.17. The van der Waals surface area contributed by atoms with Crippen molar-refractivity contribution < 1.29 is 8.78 Å². The van der Waals surface area contributed by atoms with Crippen molar-refractivity contribution >= 4 is 23.3 Å². The van der Waals surface area contributed by atoms with Gasteiger partial charge in [-0.25, -0.2) is 8.78 Å². The second-order valence-electron chi connectivity index (χ2n) is 5.01. The fourth-order valence-corrected chi connectivity index (χ4v) is 3.05. The van der Waals surface area contributed by atoms with E-state index < -0.39 is 11.6 Å². The van der Waals surface area contributed by atoms with Gasteiger partial charge in [0.2, 0.25) is 0 Å². The maximum Gasteiger partial charge on any atom is 0.178 e. The van der Waals surface area contributed by atoms with Crippen molar-refractivity contribution in [2.75, 3.05) is 0 Å². The number of rotatable bonds is 2. The highest BCUT2D eigenvalue weighted by Gasteiger charge is 2.27. The zero-order valence-corrected chi connectivity index (χ0v) is 10.9. The van der Waals surface area contributed by atoms with E-state index in [1.165, 1.54) is 12.5 Å². The minimum atomic E-state index is -0.587. The average molecular weight is 268 g/mol. The predicted molar refractivity (Wildman–Crippen MR) is 69.1 cm³/mol. The standard InChI is InChI=1S/C13H14F2N2S/c1-7(8-3-2-4-8)17-11-6-9(14)5-10(15)12(11)16-13(17)18/h5-8H,2-4H2,1H3,(H,16,18). The number of benzene rings is 1. The van der Waals surface area contributed by atoms with E-state index in [2.05, 4.69) is 11.9 Å². The molecule has 1 atom stereocenters. The molecule has 0 radical (unpaired) electrons. The quantitative estimate of drug-likeness (QED) is 0.804. The number of halogens is 2. The molecule has 2 nitrogen and oxygen atoms in total. The minimum absolute atomic E-state index is 0.182. The molecule has 3 rings (SSSR count). The van der Waals surface area contributed by atoms with Gasteiger partial charge in [-0.3, -0.25) is 0 Å². The number of aromatic nitrogens is 2. The smallest absolute Gasteiger partial charge is 0.178 e. The number of H-pyrrole nitrogens is 1. The Morgan fingerprint density at radius 2 is 2.11 bits per heavy atom. The van der Waals surface area contributed by atoms with Crippen LogP contribution in [0.15, 0.2) is 12.1 Å². The summed E-state index contributed by atoms with van der Waals surface area (Å²) in [6, 6.07) is 2.41. The third kappa shape index (κ3) is 1.68.